The van der Waals surface area contributed by atoms with Gasteiger partial charge in [0.1, 0.15) is 0 Å². The van der Waals surface area contributed by atoms with E-state index < -0.39 is 0 Å². The van der Waals surface area contributed by atoms with E-state index in [1.807, 2.05) is 13.8 Å². The third kappa shape index (κ3) is 19.5. The molecular weight excluding hydrogens is 299 g/mol. The second-order valence-electron chi connectivity index (χ2n) is 7.30. The predicted molar refractivity (Wildman–Crippen MR) is 124 cm³/mol. The highest BCUT2D eigenvalue weighted by molar-refractivity contribution is 5.75. The molecule has 0 aliphatic rings. The summed E-state index contributed by atoms with van der Waals surface area (Å²) in [6.45, 7) is 22.1. The number of rotatable bonds is 5. The van der Waals surface area contributed by atoms with E-state index in [1.165, 1.54) is 24.0 Å². The maximum Gasteiger partial charge on any atom is 0 e. The normalized spacial score (nSPS) is 9.20. The third-order valence-corrected chi connectivity index (χ3v) is 3.56. The number of hydrogen-bond donors (Lipinski definition) is 0. The van der Waals surface area contributed by atoms with Gasteiger partial charge in [-0.15, -0.1) is 0 Å². The van der Waals surface area contributed by atoms with Crippen LogP contribution >= 0.6 is 0 Å². The van der Waals surface area contributed by atoms with Gasteiger partial charge in [0, 0.05) is 8.41 Å². The molecule has 25 heavy (non-hydrogen) atoms. The molecule has 0 aromatic heterocycles. The third-order valence-electron chi connectivity index (χ3n) is 3.56. The van der Waals surface area contributed by atoms with Gasteiger partial charge in [-0.3, -0.25) is 0 Å². The van der Waals surface area contributed by atoms with Gasteiger partial charge in [0.15, 0.2) is 0 Å². The lowest BCUT2D eigenvalue weighted by Crippen LogP contribution is -1.97. The molecule has 149 valence electrons. The summed E-state index contributed by atoms with van der Waals surface area (Å²) in [5.41, 5.74) is 2.99. The van der Waals surface area contributed by atoms with Crippen LogP contribution in [0.4, 0.5) is 0 Å². The van der Waals surface area contributed by atoms with Crippen molar-refractivity contribution in [2.75, 3.05) is 0 Å². The summed E-state index contributed by atoms with van der Waals surface area (Å²) in [4.78, 5) is 0. The van der Waals surface area contributed by atoms with Crippen molar-refractivity contribution in [2.45, 2.75) is 109 Å². The molecule has 3 radical (unpaired) electrons. The van der Waals surface area contributed by atoms with Gasteiger partial charge in [-0.1, -0.05) is 121 Å². The Bertz CT molecular complexity index is 316. The van der Waals surface area contributed by atoms with E-state index in [0.29, 0.717) is 11.8 Å². The van der Waals surface area contributed by atoms with Crippen LogP contribution in [0, 0.1) is 11.8 Å². The average Bonchev–Trinajstić information content (AvgIpc) is 2.47. The Morgan fingerprint density at radius 1 is 0.600 bits per heavy atom. The van der Waals surface area contributed by atoms with Crippen LogP contribution in [0.25, 0.3) is 0 Å². The van der Waals surface area contributed by atoms with Crippen molar-refractivity contribution in [1.82, 2.24) is 0 Å². The highest BCUT2D eigenvalue weighted by Gasteiger charge is 2.07. The van der Waals surface area contributed by atoms with Crippen LogP contribution in [0.15, 0.2) is 24.3 Å². The Balaban J connectivity index is -0.0000000919. The minimum Gasteiger partial charge on any atom is -0.0776 e. The van der Waals surface area contributed by atoms with E-state index >= 15 is 0 Å². The Kier molecular flexibility index (Phi) is 30.2. The fourth-order valence-electron chi connectivity index (χ4n) is 2.23. The summed E-state index contributed by atoms with van der Waals surface area (Å²) < 4.78 is 0. The van der Waals surface area contributed by atoms with Gasteiger partial charge in [-0.05, 0) is 34.8 Å². The van der Waals surface area contributed by atoms with Crippen LogP contribution in [-0.4, -0.2) is 8.41 Å². The molecule has 1 rings (SSSR count). The van der Waals surface area contributed by atoms with E-state index in [1.54, 1.807) is 0 Å². The van der Waals surface area contributed by atoms with E-state index in [0.717, 1.165) is 11.8 Å². The smallest absolute Gasteiger partial charge is 0 e. The summed E-state index contributed by atoms with van der Waals surface area (Å²) in [5.74, 6) is 3.06. The van der Waals surface area contributed by atoms with Crippen LogP contribution < -0.4 is 0 Å². The van der Waals surface area contributed by atoms with E-state index in [4.69, 9.17) is 0 Å². The molecule has 1 aromatic rings. The quantitative estimate of drug-likeness (QED) is 0.465. The molecule has 0 amide bonds. The molecule has 0 atom stereocenters. The maximum atomic E-state index is 2.28. The van der Waals surface area contributed by atoms with Gasteiger partial charge >= 0.3 is 0 Å². The molecule has 0 N–H and O–H groups in total. The topological polar surface area (TPSA) is 0 Å². The number of hydrogen-bond acceptors (Lipinski definition) is 0. The van der Waals surface area contributed by atoms with E-state index in [2.05, 4.69) is 79.7 Å². The van der Waals surface area contributed by atoms with Gasteiger partial charge in [0.2, 0.25) is 0 Å². The van der Waals surface area contributed by atoms with Gasteiger partial charge < -0.3 is 0 Å². The van der Waals surface area contributed by atoms with Crippen LogP contribution in [-0.2, 0) is 0 Å². The lowest BCUT2D eigenvalue weighted by atomic mass is 9.91. The van der Waals surface area contributed by atoms with Crippen molar-refractivity contribution in [2.24, 2.45) is 11.8 Å². The molecular formula is C24H50B. The molecule has 0 fully saturated rings. The van der Waals surface area contributed by atoms with Gasteiger partial charge in [0.25, 0.3) is 0 Å². The molecule has 0 unspecified atom stereocenters. The van der Waals surface area contributed by atoms with Gasteiger partial charge in [-0.25, -0.2) is 0 Å². The SMILES string of the molecule is C.C.CC.CC(C)CCC(C)C.CC(C)c1ccccc1C(C)C.[B]. The van der Waals surface area contributed by atoms with Crippen molar-refractivity contribution in [3.63, 3.8) is 0 Å². The van der Waals surface area contributed by atoms with E-state index in [9.17, 15) is 0 Å². The highest BCUT2D eigenvalue weighted by atomic mass is 14.1. The Labute approximate surface area is 164 Å². The lowest BCUT2D eigenvalue weighted by molar-refractivity contribution is 0.476. The number of benzene rings is 1. The minimum absolute atomic E-state index is 0. The highest BCUT2D eigenvalue weighted by Crippen LogP contribution is 2.25. The van der Waals surface area contributed by atoms with Crippen molar-refractivity contribution in [1.29, 1.82) is 0 Å². The maximum absolute atomic E-state index is 2.28. The first kappa shape index (κ1) is 35.4. The Morgan fingerprint density at radius 2 is 0.840 bits per heavy atom. The summed E-state index contributed by atoms with van der Waals surface area (Å²) in [7, 11) is 0. The zero-order valence-corrected chi connectivity index (χ0v) is 17.6. The van der Waals surface area contributed by atoms with Crippen LogP contribution in [0.2, 0.25) is 0 Å². The molecule has 0 nitrogen and oxygen atoms in total. The zero-order chi connectivity index (χ0) is 17.7. The predicted octanol–water partition coefficient (Wildman–Crippen LogP) is 8.93. The van der Waals surface area contributed by atoms with Crippen LogP contribution in [0.1, 0.15) is 120 Å². The molecule has 1 aromatic carbocycles. The average molecular weight is 349 g/mol. The first-order chi connectivity index (χ1) is 10.3. The molecule has 1 heteroatoms. The summed E-state index contributed by atoms with van der Waals surface area (Å²) in [6.07, 6.45) is 2.77. The molecule has 0 aliphatic heterocycles. The fraction of sp³-hybridized carbons (Fsp3) is 0.750. The fourth-order valence-corrected chi connectivity index (χ4v) is 2.23. The molecule has 0 saturated carbocycles. The van der Waals surface area contributed by atoms with Crippen molar-refractivity contribution < 1.29 is 0 Å². The molecule has 0 bridgehead atoms. The molecule has 0 spiro atoms. The second-order valence-corrected chi connectivity index (χ2v) is 7.30. The summed E-state index contributed by atoms with van der Waals surface area (Å²) >= 11 is 0. The largest absolute Gasteiger partial charge is 0.0776 e. The first-order valence-electron chi connectivity index (χ1n) is 9.34. The van der Waals surface area contributed by atoms with Crippen molar-refractivity contribution in [3.05, 3.63) is 35.4 Å². The van der Waals surface area contributed by atoms with Crippen molar-refractivity contribution >= 4 is 8.41 Å². The lowest BCUT2D eigenvalue weighted by Gasteiger charge is -2.14. The minimum atomic E-state index is 0. The summed E-state index contributed by atoms with van der Waals surface area (Å²) in [5, 5.41) is 0. The standard InChI is InChI=1S/C12H18.C8H18.C2H6.2CH4.B/c1-9(2)11-7-5-6-8-12(11)10(3)4;1-7(2)5-6-8(3)4;1-2;;;/h5-10H,1-4H3;7-8H,5-6H2,1-4H3;1-2H3;2*1H4;. The second kappa shape index (κ2) is 21.3. The molecule has 0 heterocycles. The van der Waals surface area contributed by atoms with E-state index in [-0.39, 0.29) is 23.3 Å². The van der Waals surface area contributed by atoms with Gasteiger partial charge in [0.05, 0.1) is 0 Å². The monoisotopic (exact) mass is 349 g/mol. The first-order valence-corrected chi connectivity index (χ1v) is 9.34. The van der Waals surface area contributed by atoms with Gasteiger partial charge in [-0.2, -0.15) is 0 Å². The molecule has 0 aliphatic carbocycles. The van der Waals surface area contributed by atoms with Crippen LogP contribution in [0.5, 0.6) is 0 Å². The zero-order valence-electron chi connectivity index (χ0n) is 17.6. The van der Waals surface area contributed by atoms with Crippen molar-refractivity contribution in [3.8, 4) is 0 Å². The molecule has 0 saturated heterocycles. The Hall–Kier alpha value is -0.715. The summed E-state index contributed by atoms with van der Waals surface area (Å²) in [6, 6.07) is 8.72. The van der Waals surface area contributed by atoms with Crippen LogP contribution in [0.3, 0.4) is 0 Å². The Morgan fingerprint density at radius 3 is 1.00 bits per heavy atom.